The number of hydrogen-bond donors (Lipinski definition) is 1. The van der Waals surface area contributed by atoms with Crippen LogP contribution in [0.3, 0.4) is 0 Å². The number of piperidine rings is 1. The second-order valence-corrected chi connectivity index (χ2v) is 7.83. The number of likely N-dealkylation sites (tertiary alicyclic amines) is 1. The molecule has 30 heavy (non-hydrogen) atoms. The zero-order chi connectivity index (χ0) is 21.1. The Kier molecular flexibility index (Phi) is 5.79. The topological polar surface area (TPSA) is 54.6 Å². The third-order valence-corrected chi connectivity index (χ3v) is 5.96. The molecule has 5 heteroatoms. The molecule has 1 aliphatic heterocycles. The van der Waals surface area contributed by atoms with Gasteiger partial charge in [0.25, 0.3) is 0 Å². The number of nitrogens with one attached hydrogen (secondary N) is 1. The maximum Gasteiger partial charge on any atom is 0.246 e. The lowest BCUT2D eigenvalue weighted by Gasteiger charge is -2.31. The van der Waals surface area contributed by atoms with Crippen molar-refractivity contribution in [2.45, 2.75) is 25.7 Å². The number of H-pyrrole nitrogens is 1. The average molecular weight is 405 g/mol. The molecule has 3 aromatic rings. The number of aromatic amines is 1. The summed E-state index contributed by atoms with van der Waals surface area (Å²) < 4.78 is 10.8. The van der Waals surface area contributed by atoms with Crippen LogP contribution in [-0.4, -0.2) is 43.1 Å². The van der Waals surface area contributed by atoms with Crippen molar-refractivity contribution in [3.8, 4) is 11.5 Å². The highest BCUT2D eigenvalue weighted by molar-refractivity contribution is 5.92. The Labute approximate surface area is 177 Å². The summed E-state index contributed by atoms with van der Waals surface area (Å²) >= 11 is 0. The van der Waals surface area contributed by atoms with E-state index < -0.39 is 0 Å². The normalized spacial score (nSPS) is 15.1. The lowest BCUT2D eigenvalue weighted by atomic mass is 9.89. The molecule has 0 atom stereocenters. The van der Waals surface area contributed by atoms with Crippen LogP contribution in [0.15, 0.2) is 48.7 Å². The summed E-state index contributed by atoms with van der Waals surface area (Å²) in [5.41, 5.74) is 4.50. The molecule has 0 aliphatic carbocycles. The molecule has 2 aromatic carbocycles. The van der Waals surface area contributed by atoms with Gasteiger partial charge in [-0.15, -0.1) is 0 Å². The number of ether oxygens (including phenoxy) is 2. The molecule has 0 spiro atoms. The number of hydrogen-bond acceptors (Lipinski definition) is 3. The van der Waals surface area contributed by atoms with Gasteiger partial charge in [0, 0.05) is 41.8 Å². The summed E-state index contributed by atoms with van der Waals surface area (Å²) in [5.74, 6) is 2.14. The molecule has 0 unspecified atom stereocenters. The second-order valence-electron chi connectivity index (χ2n) is 7.83. The van der Waals surface area contributed by atoms with Crippen LogP contribution in [0.25, 0.3) is 17.0 Å². The van der Waals surface area contributed by atoms with Gasteiger partial charge in [-0.2, -0.15) is 0 Å². The zero-order valence-corrected chi connectivity index (χ0v) is 17.8. The van der Waals surface area contributed by atoms with E-state index in [1.165, 1.54) is 10.9 Å². The lowest BCUT2D eigenvalue weighted by Crippen LogP contribution is -2.36. The summed E-state index contributed by atoms with van der Waals surface area (Å²) in [6, 6.07) is 12.1. The Morgan fingerprint density at radius 1 is 1.10 bits per heavy atom. The number of amides is 1. The van der Waals surface area contributed by atoms with Crippen molar-refractivity contribution in [3.05, 3.63) is 65.4 Å². The Bertz CT molecular complexity index is 1080. The highest BCUT2D eigenvalue weighted by atomic mass is 16.5. The minimum atomic E-state index is 0.0533. The molecule has 5 nitrogen and oxygen atoms in total. The Morgan fingerprint density at radius 2 is 1.90 bits per heavy atom. The quantitative estimate of drug-likeness (QED) is 0.615. The van der Waals surface area contributed by atoms with Crippen LogP contribution in [0.1, 0.15) is 35.4 Å². The maximum absolute atomic E-state index is 12.7. The molecule has 0 bridgehead atoms. The van der Waals surface area contributed by atoms with Gasteiger partial charge in [0.15, 0.2) is 0 Å². The predicted octanol–water partition coefficient (Wildman–Crippen LogP) is 4.91. The summed E-state index contributed by atoms with van der Waals surface area (Å²) in [6.07, 6.45) is 7.53. The molecule has 1 aromatic heterocycles. The minimum Gasteiger partial charge on any atom is -0.497 e. The summed E-state index contributed by atoms with van der Waals surface area (Å²) in [7, 11) is 3.34. The zero-order valence-electron chi connectivity index (χ0n) is 17.8. The number of methoxy groups -OCH3 is 2. The average Bonchev–Trinajstić information content (AvgIpc) is 3.20. The predicted molar refractivity (Wildman–Crippen MR) is 120 cm³/mol. The first-order valence-electron chi connectivity index (χ1n) is 10.4. The fourth-order valence-corrected chi connectivity index (χ4v) is 4.25. The Morgan fingerprint density at radius 3 is 2.63 bits per heavy atom. The van der Waals surface area contributed by atoms with E-state index in [0.717, 1.165) is 54.1 Å². The number of nitrogens with zero attached hydrogens (tertiary/aromatic N) is 1. The molecule has 1 aliphatic rings. The third-order valence-electron chi connectivity index (χ3n) is 5.96. The van der Waals surface area contributed by atoms with Crippen molar-refractivity contribution in [3.63, 3.8) is 0 Å². The third kappa shape index (κ3) is 4.06. The van der Waals surface area contributed by atoms with Crippen LogP contribution in [-0.2, 0) is 4.79 Å². The van der Waals surface area contributed by atoms with Crippen molar-refractivity contribution in [1.82, 2.24) is 9.88 Å². The van der Waals surface area contributed by atoms with Crippen molar-refractivity contribution in [1.29, 1.82) is 0 Å². The first-order chi connectivity index (χ1) is 14.6. The van der Waals surface area contributed by atoms with Gasteiger partial charge in [0.1, 0.15) is 11.5 Å². The Hall–Kier alpha value is -3.21. The van der Waals surface area contributed by atoms with E-state index in [2.05, 4.69) is 23.3 Å². The fraction of sp³-hybridized carbons (Fsp3) is 0.320. The molecule has 1 saturated heterocycles. The summed E-state index contributed by atoms with van der Waals surface area (Å²) in [6.45, 7) is 3.55. The van der Waals surface area contributed by atoms with Crippen LogP contribution >= 0.6 is 0 Å². The van der Waals surface area contributed by atoms with Gasteiger partial charge in [-0.25, -0.2) is 0 Å². The fourth-order valence-electron chi connectivity index (χ4n) is 4.25. The SMILES string of the molecule is COc1ccc2[nH]cc(C3CCN(C(=O)/C=C/c4cc(C)ccc4OC)CC3)c2c1. The first kappa shape index (κ1) is 20.1. The molecular weight excluding hydrogens is 376 g/mol. The van der Waals surface area contributed by atoms with E-state index in [1.807, 2.05) is 42.2 Å². The van der Waals surface area contributed by atoms with Crippen LogP contribution in [0.4, 0.5) is 0 Å². The number of fused-ring (bicyclic) bond motifs is 1. The monoisotopic (exact) mass is 404 g/mol. The van der Waals surface area contributed by atoms with Gasteiger partial charge in [-0.1, -0.05) is 11.6 Å². The van der Waals surface area contributed by atoms with Crippen LogP contribution in [0.5, 0.6) is 11.5 Å². The molecular formula is C25H28N2O3. The van der Waals surface area contributed by atoms with Crippen LogP contribution in [0.2, 0.25) is 0 Å². The number of benzene rings is 2. The Balaban J connectivity index is 1.42. The van der Waals surface area contributed by atoms with E-state index >= 15 is 0 Å². The maximum atomic E-state index is 12.7. The number of aromatic nitrogens is 1. The molecule has 1 N–H and O–H groups in total. The van der Waals surface area contributed by atoms with Gasteiger partial charge in [0.2, 0.25) is 5.91 Å². The number of rotatable bonds is 5. The highest BCUT2D eigenvalue weighted by Gasteiger charge is 2.24. The van der Waals surface area contributed by atoms with E-state index in [0.29, 0.717) is 5.92 Å². The van der Waals surface area contributed by atoms with Crippen LogP contribution in [0, 0.1) is 6.92 Å². The second kappa shape index (κ2) is 8.66. The molecule has 1 amide bonds. The molecule has 4 rings (SSSR count). The van der Waals surface area contributed by atoms with Crippen molar-refractivity contribution >= 4 is 22.9 Å². The van der Waals surface area contributed by atoms with E-state index in [9.17, 15) is 4.79 Å². The smallest absolute Gasteiger partial charge is 0.246 e. The number of carbonyl (C=O) groups is 1. The first-order valence-corrected chi connectivity index (χ1v) is 10.4. The van der Waals surface area contributed by atoms with Gasteiger partial charge >= 0.3 is 0 Å². The van der Waals surface area contributed by atoms with Gasteiger partial charge in [-0.05, 0) is 67.7 Å². The summed E-state index contributed by atoms with van der Waals surface area (Å²) in [4.78, 5) is 18.0. The summed E-state index contributed by atoms with van der Waals surface area (Å²) in [5, 5.41) is 1.21. The number of carbonyl (C=O) groups excluding carboxylic acids is 1. The van der Waals surface area contributed by atoms with E-state index in [-0.39, 0.29) is 5.91 Å². The largest absolute Gasteiger partial charge is 0.497 e. The van der Waals surface area contributed by atoms with Gasteiger partial charge in [0.05, 0.1) is 14.2 Å². The van der Waals surface area contributed by atoms with Crippen molar-refractivity contribution in [2.24, 2.45) is 0 Å². The van der Waals surface area contributed by atoms with E-state index in [4.69, 9.17) is 9.47 Å². The van der Waals surface area contributed by atoms with E-state index in [1.54, 1.807) is 20.3 Å². The highest BCUT2D eigenvalue weighted by Crippen LogP contribution is 2.34. The van der Waals surface area contributed by atoms with Gasteiger partial charge in [-0.3, -0.25) is 4.79 Å². The van der Waals surface area contributed by atoms with Gasteiger partial charge < -0.3 is 19.4 Å². The molecule has 1 fully saturated rings. The molecule has 0 saturated carbocycles. The molecule has 0 radical (unpaired) electrons. The lowest BCUT2D eigenvalue weighted by molar-refractivity contribution is -0.126. The standard InChI is InChI=1S/C25H28N2O3/c1-17-4-8-24(30-3)19(14-17)5-9-25(28)27-12-10-18(11-13-27)22-16-26-23-7-6-20(29-2)15-21(22)23/h4-9,14-16,18,26H,10-13H2,1-3H3/b9-5+. The van der Waals surface area contributed by atoms with Crippen molar-refractivity contribution in [2.75, 3.05) is 27.3 Å². The minimum absolute atomic E-state index is 0.0533. The van der Waals surface area contributed by atoms with Crippen LogP contribution < -0.4 is 9.47 Å². The molecule has 2 heterocycles. The number of aryl methyl sites for hydroxylation is 1. The van der Waals surface area contributed by atoms with Crippen molar-refractivity contribution < 1.29 is 14.3 Å². The molecule has 156 valence electrons.